The second-order valence-electron chi connectivity index (χ2n) is 7.69. The number of benzene rings is 2. The van der Waals surface area contributed by atoms with Crippen molar-refractivity contribution in [2.24, 2.45) is 4.99 Å². The minimum absolute atomic E-state index is 0.120. The fraction of sp³-hybridized carbons (Fsp3) is 0.304. The first-order chi connectivity index (χ1) is 14.2. The van der Waals surface area contributed by atoms with E-state index in [2.05, 4.69) is 68.8 Å². The van der Waals surface area contributed by atoms with Gasteiger partial charge in [0.05, 0.1) is 18.7 Å². The molecule has 29 heavy (non-hydrogen) atoms. The first-order valence-electron chi connectivity index (χ1n) is 10.1. The predicted octanol–water partition coefficient (Wildman–Crippen LogP) is 3.47. The van der Waals surface area contributed by atoms with Crippen molar-refractivity contribution in [2.45, 2.75) is 19.5 Å². The van der Waals surface area contributed by atoms with E-state index in [4.69, 9.17) is 4.99 Å². The smallest absolute Gasteiger partial charge is 0.259 e. The van der Waals surface area contributed by atoms with Crippen LogP contribution in [0, 0.1) is 3.57 Å². The van der Waals surface area contributed by atoms with E-state index >= 15 is 0 Å². The fourth-order valence-corrected chi connectivity index (χ4v) is 4.95. The van der Waals surface area contributed by atoms with E-state index in [9.17, 15) is 4.79 Å². The number of rotatable bonds is 4. The molecule has 6 heteroatoms. The molecule has 5 nitrogen and oxygen atoms in total. The Labute approximate surface area is 184 Å². The molecule has 0 saturated heterocycles. The van der Waals surface area contributed by atoms with Crippen LogP contribution in [0.2, 0.25) is 0 Å². The molecule has 0 N–H and O–H groups in total. The molecular formula is C23H23IN4O. The summed E-state index contributed by atoms with van der Waals surface area (Å²) < 4.78 is 1.18. The number of guanidine groups is 1. The molecule has 2 aromatic carbocycles. The van der Waals surface area contributed by atoms with E-state index in [-0.39, 0.29) is 5.91 Å². The third-order valence-corrected chi connectivity index (χ3v) is 6.87. The van der Waals surface area contributed by atoms with Crippen molar-refractivity contribution in [3.05, 3.63) is 80.6 Å². The number of nitrogens with zero attached hydrogens (tertiary/aromatic N) is 4. The van der Waals surface area contributed by atoms with Crippen molar-refractivity contribution in [3.8, 4) is 0 Å². The second kappa shape index (κ2) is 7.91. The van der Waals surface area contributed by atoms with Crippen LogP contribution >= 0.6 is 22.6 Å². The quantitative estimate of drug-likeness (QED) is 0.607. The van der Waals surface area contributed by atoms with E-state index in [0.29, 0.717) is 13.1 Å². The minimum Gasteiger partial charge on any atom is -0.314 e. The number of hydrogen-bond donors (Lipinski definition) is 0. The van der Waals surface area contributed by atoms with Gasteiger partial charge in [0.1, 0.15) is 0 Å². The van der Waals surface area contributed by atoms with Gasteiger partial charge in [-0.05, 0) is 39.8 Å². The number of amides is 1. The van der Waals surface area contributed by atoms with Crippen LogP contribution in [0.3, 0.4) is 0 Å². The molecule has 0 aromatic heterocycles. The Morgan fingerprint density at radius 3 is 2.59 bits per heavy atom. The highest BCUT2D eigenvalue weighted by Crippen LogP contribution is 2.32. The number of hydrogen-bond acceptors (Lipinski definition) is 4. The summed E-state index contributed by atoms with van der Waals surface area (Å²) in [5, 5.41) is 0. The monoisotopic (exact) mass is 498 g/mol. The predicted molar refractivity (Wildman–Crippen MR) is 122 cm³/mol. The Kier molecular flexibility index (Phi) is 5.13. The lowest BCUT2D eigenvalue weighted by molar-refractivity contribution is -0.125. The summed E-state index contributed by atoms with van der Waals surface area (Å²) in [4.78, 5) is 24.8. The molecule has 5 rings (SSSR count). The highest BCUT2D eigenvalue weighted by molar-refractivity contribution is 14.1. The van der Waals surface area contributed by atoms with Gasteiger partial charge >= 0.3 is 0 Å². The van der Waals surface area contributed by atoms with Crippen molar-refractivity contribution in [2.75, 3.05) is 26.2 Å². The molecule has 0 fully saturated rings. The summed E-state index contributed by atoms with van der Waals surface area (Å²) in [6.07, 6.45) is 0.906. The van der Waals surface area contributed by atoms with Gasteiger partial charge in [0.15, 0.2) is 0 Å². The maximum absolute atomic E-state index is 13.5. The summed E-state index contributed by atoms with van der Waals surface area (Å²) >= 11 is 2.34. The Morgan fingerprint density at radius 2 is 1.76 bits per heavy atom. The molecule has 3 heterocycles. The summed E-state index contributed by atoms with van der Waals surface area (Å²) in [5.74, 6) is 0.958. The van der Waals surface area contributed by atoms with Crippen LogP contribution < -0.4 is 0 Å². The molecule has 2 aromatic rings. The van der Waals surface area contributed by atoms with Gasteiger partial charge in [0.2, 0.25) is 5.96 Å². The molecule has 0 spiro atoms. The van der Waals surface area contributed by atoms with Crippen molar-refractivity contribution in [3.63, 3.8) is 0 Å². The van der Waals surface area contributed by atoms with Crippen LogP contribution in [0.25, 0.3) is 0 Å². The standard InChI is InChI=1S/C23H23IN4O/c24-20-9-5-4-8-18(20)15-28-22(29)19-16-26(14-17-6-2-1-3-7-17)12-10-21(19)27-13-11-25-23(27)28/h1-9H,10-16H2. The van der Waals surface area contributed by atoms with Crippen molar-refractivity contribution in [1.29, 1.82) is 0 Å². The second-order valence-corrected chi connectivity index (χ2v) is 8.85. The lowest BCUT2D eigenvalue weighted by Crippen LogP contribution is -2.53. The molecule has 0 radical (unpaired) electrons. The molecule has 1 amide bonds. The normalized spacial score (nSPS) is 19.3. The topological polar surface area (TPSA) is 39.2 Å². The lowest BCUT2D eigenvalue weighted by Gasteiger charge is -2.42. The van der Waals surface area contributed by atoms with Gasteiger partial charge in [-0.25, -0.2) is 0 Å². The van der Waals surface area contributed by atoms with Gasteiger partial charge in [0.25, 0.3) is 5.91 Å². The van der Waals surface area contributed by atoms with Gasteiger partial charge in [-0.3, -0.25) is 19.6 Å². The summed E-state index contributed by atoms with van der Waals surface area (Å²) in [7, 11) is 0. The van der Waals surface area contributed by atoms with Gasteiger partial charge in [0, 0.05) is 41.9 Å². The van der Waals surface area contributed by atoms with Crippen LogP contribution in [-0.4, -0.2) is 52.7 Å². The van der Waals surface area contributed by atoms with Crippen LogP contribution in [0.4, 0.5) is 0 Å². The molecule has 0 atom stereocenters. The summed E-state index contributed by atoms with van der Waals surface area (Å²) in [6.45, 7) is 4.76. The highest BCUT2D eigenvalue weighted by atomic mass is 127. The molecular weight excluding hydrogens is 475 g/mol. The zero-order chi connectivity index (χ0) is 19.8. The van der Waals surface area contributed by atoms with E-state index in [0.717, 1.165) is 49.7 Å². The Hall–Kier alpha value is -2.19. The van der Waals surface area contributed by atoms with Crippen molar-refractivity contribution in [1.82, 2.24) is 14.7 Å². The molecule has 0 saturated carbocycles. The minimum atomic E-state index is 0.120. The van der Waals surface area contributed by atoms with Crippen LogP contribution in [0.5, 0.6) is 0 Å². The Balaban J connectivity index is 1.42. The zero-order valence-corrected chi connectivity index (χ0v) is 18.4. The first-order valence-corrected chi connectivity index (χ1v) is 11.1. The van der Waals surface area contributed by atoms with Gasteiger partial charge in [-0.1, -0.05) is 48.5 Å². The fourth-order valence-electron chi connectivity index (χ4n) is 4.39. The lowest BCUT2D eigenvalue weighted by atomic mass is 10.00. The van der Waals surface area contributed by atoms with E-state index in [1.54, 1.807) is 0 Å². The Bertz CT molecular complexity index is 1000. The number of aliphatic imine (C=N–C) groups is 1. The molecule has 3 aliphatic rings. The number of carbonyl (C=O) groups excluding carboxylic acids is 1. The SMILES string of the molecule is O=C1C2=C(CCN(Cc3ccccc3)C2)N2CCN=C2N1Cc1ccccc1I. The Morgan fingerprint density at radius 1 is 0.966 bits per heavy atom. The van der Waals surface area contributed by atoms with Gasteiger partial charge in [-0.15, -0.1) is 0 Å². The first kappa shape index (κ1) is 18.8. The number of carbonyl (C=O) groups is 1. The maximum atomic E-state index is 13.5. The largest absolute Gasteiger partial charge is 0.314 e. The summed E-state index contributed by atoms with van der Waals surface area (Å²) in [5.41, 5.74) is 4.59. The average Bonchev–Trinajstić information content (AvgIpc) is 3.23. The molecule has 0 unspecified atom stereocenters. The molecule has 0 bridgehead atoms. The van der Waals surface area contributed by atoms with E-state index in [1.807, 2.05) is 23.1 Å². The van der Waals surface area contributed by atoms with Crippen LogP contribution in [0.15, 0.2) is 70.9 Å². The maximum Gasteiger partial charge on any atom is 0.259 e. The summed E-state index contributed by atoms with van der Waals surface area (Å²) in [6, 6.07) is 18.8. The van der Waals surface area contributed by atoms with E-state index in [1.165, 1.54) is 14.8 Å². The third-order valence-electron chi connectivity index (χ3n) is 5.82. The molecule has 0 aliphatic carbocycles. The van der Waals surface area contributed by atoms with Gasteiger partial charge < -0.3 is 4.90 Å². The molecule has 148 valence electrons. The highest BCUT2D eigenvalue weighted by Gasteiger charge is 2.41. The van der Waals surface area contributed by atoms with Crippen LogP contribution in [0.1, 0.15) is 17.5 Å². The van der Waals surface area contributed by atoms with Gasteiger partial charge in [-0.2, -0.15) is 0 Å². The third kappa shape index (κ3) is 3.59. The molecule has 3 aliphatic heterocycles. The van der Waals surface area contributed by atoms with E-state index < -0.39 is 0 Å². The number of fused-ring (bicyclic) bond motifs is 2. The average molecular weight is 498 g/mol. The number of halogens is 1. The van der Waals surface area contributed by atoms with Crippen molar-refractivity contribution >= 4 is 34.5 Å². The van der Waals surface area contributed by atoms with Crippen molar-refractivity contribution < 1.29 is 4.79 Å². The van der Waals surface area contributed by atoms with Crippen LogP contribution in [-0.2, 0) is 17.9 Å². The zero-order valence-electron chi connectivity index (χ0n) is 16.2.